The maximum Gasteiger partial charge on any atom is 0.329 e. The van der Waals surface area contributed by atoms with Crippen molar-refractivity contribution in [2.75, 3.05) is 33.2 Å². The van der Waals surface area contributed by atoms with Crippen LogP contribution in [-0.2, 0) is 14.4 Å². The van der Waals surface area contributed by atoms with E-state index in [1.807, 2.05) is 0 Å². The molecule has 0 aliphatic carbocycles. The number of imide groups is 1. The number of nitrogens with zero attached hydrogens (tertiary/aromatic N) is 3. The first-order valence-electron chi connectivity index (χ1n) is 11.8. The Hall–Kier alpha value is -2.09. The van der Waals surface area contributed by atoms with E-state index < -0.39 is 6.03 Å². The second-order valence-corrected chi connectivity index (χ2v) is 8.17. The average Bonchev–Trinajstić information content (AvgIpc) is 3.01. The quantitative estimate of drug-likeness (QED) is 0.179. The summed E-state index contributed by atoms with van der Waals surface area (Å²) in [6.07, 6.45) is 15.4. The largest absolute Gasteiger partial charge is 0.329 e. The number of nitrogens with one attached hydrogen (secondary N) is 1. The van der Waals surface area contributed by atoms with Crippen molar-refractivity contribution in [2.45, 2.75) is 83.5 Å². The summed E-state index contributed by atoms with van der Waals surface area (Å²) in [6, 6.07) is -0.424. The van der Waals surface area contributed by atoms with Crippen LogP contribution < -0.4 is 5.32 Å². The zero-order chi connectivity index (χ0) is 22.7. The fourth-order valence-electron chi connectivity index (χ4n) is 3.60. The van der Waals surface area contributed by atoms with Crippen LogP contribution in [0.4, 0.5) is 4.79 Å². The van der Waals surface area contributed by atoms with Gasteiger partial charge in [0.15, 0.2) is 5.84 Å². The zero-order valence-electron chi connectivity index (χ0n) is 19.2. The second kappa shape index (κ2) is 17.6. The monoisotopic (exact) mass is 436 g/mol. The molecule has 1 rings (SSSR count). The maximum atomic E-state index is 11.8. The predicted molar refractivity (Wildman–Crippen MR) is 122 cm³/mol. The van der Waals surface area contributed by atoms with Gasteiger partial charge in [0.25, 0.3) is 5.91 Å². The molecule has 3 amide bonds. The standard InChI is InChI=1S/C23H40N4O4/c1-26-22(30)21(25-23(26)31)24-15-14-18-27(16-10-6-2-4-8-12-19-28)17-11-7-3-5-9-13-20-29/h19-20H,2-18H2,1H3,(H,24,25,31). The molecule has 0 aromatic carbocycles. The number of aldehydes is 2. The number of amides is 3. The van der Waals surface area contributed by atoms with Crippen molar-refractivity contribution in [3.63, 3.8) is 0 Å². The van der Waals surface area contributed by atoms with Crippen molar-refractivity contribution >= 4 is 30.3 Å². The molecule has 1 fully saturated rings. The molecule has 0 atom stereocenters. The molecule has 31 heavy (non-hydrogen) atoms. The first-order valence-corrected chi connectivity index (χ1v) is 11.8. The SMILES string of the molecule is CN1C(=O)NC(=NCCCN(CCCCCCCC=O)CCCCCCCC=O)C1=O. The van der Waals surface area contributed by atoms with Crippen LogP contribution in [0.15, 0.2) is 4.99 Å². The summed E-state index contributed by atoms with van der Waals surface area (Å²) in [5.74, 6) is -0.226. The van der Waals surface area contributed by atoms with Gasteiger partial charge in [-0.15, -0.1) is 0 Å². The Kier molecular flexibility index (Phi) is 15.3. The number of likely N-dealkylation sites (N-methyl/N-ethyl adjacent to an activating group) is 1. The first-order chi connectivity index (χ1) is 15.1. The lowest BCUT2D eigenvalue weighted by Crippen LogP contribution is -2.28. The van der Waals surface area contributed by atoms with E-state index in [-0.39, 0.29) is 11.7 Å². The van der Waals surface area contributed by atoms with E-state index in [1.54, 1.807) is 0 Å². The Morgan fingerprint density at radius 3 is 1.74 bits per heavy atom. The van der Waals surface area contributed by atoms with Crippen LogP contribution >= 0.6 is 0 Å². The Bertz CT molecular complexity index is 558. The van der Waals surface area contributed by atoms with Gasteiger partial charge in [-0.1, -0.05) is 38.5 Å². The number of amidine groups is 1. The highest BCUT2D eigenvalue weighted by Crippen LogP contribution is 2.09. The Balaban J connectivity index is 2.29. The Labute approximate surface area is 186 Å². The van der Waals surface area contributed by atoms with Crippen LogP contribution in [0.3, 0.4) is 0 Å². The summed E-state index contributed by atoms with van der Waals surface area (Å²) < 4.78 is 0. The molecule has 1 heterocycles. The molecule has 8 heteroatoms. The van der Waals surface area contributed by atoms with Gasteiger partial charge >= 0.3 is 6.03 Å². The molecule has 176 valence electrons. The van der Waals surface area contributed by atoms with Crippen LogP contribution in [0.1, 0.15) is 83.5 Å². The molecule has 1 aliphatic heterocycles. The number of carbonyl (C=O) groups is 4. The van der Waals surface area contributed by atoms with Crippen molar-refractivity contribution in [1.29, 1.82) is 0 Å². The first kappa shape index (κ1) is 26.9. The highest BCUT2D eigenvalue weighted by atomic mass is 16.2. The lowest BCUT2D eigenvalue weighted by molar-refractivity contribution is -0.119. The summed E-state index contributed by atoms with van der Waals surface area (Å²) in [4.78, 5) is 51.8. The number of aliphatic imine (C=N–C) groups is 1. The number of rotatable bonds is 20. The summed E-state index contributed by atoms with van der Waals surface area (Å²) in [6.45, 7) is 3.54. The summed E-state index contributed by atoms with van der Waals surface area (Å²) in [5.41, 5.74) is 0. The van der Waals surface area contributed by atoms with Gasteiger partial charge in [0.05, 0.1) is 0 Å². The lowest BCUT2D eigenvalue weighted by Gasteiger charge is -2.22. The van der Waals surface area contributed by atoms with E-state index in [0.717, 1.165) is 82.1 Å². The fraction of sp³-hybridized carbons (Fsp3) is 0.783. The molecule has 0 aromatic heterocycles. The van der Waals surface area contributed by atoms with Crippen molar-refractivity contribution < 1.29 is 19.2 Å². The van der Waals surface area contributed by atoms with Gasteiger partial charge in [0.1, 0.15) is 12.6 Å². The number of hydrogen-bond acceptors (Lipinski definition) is 6. The third kappa shape index (κ3) is 12.4. The molecule has 8 nitrogen and oxygen atoms in total. The van der Waals surface area contributed by atoms with E-state index in [1.165, 1.54) is 32.7 Å². The number of urea groups is 1. The Morgan fingerprint density at radius 1 is 0.774 bits per heavy atom. The normalized spacial score (nSPS) is 15.2. The van der Waals surface area contributed by atoms with Gasteiger partial charge in [-0.25, -0.2) is 4.79 Å². The van der Waals surface area contributed by atoms with Gasteiger partial charge in [0.2, 0.25) is 0 Å². The van der Waals surface area contributed by atoms with Gasteiger partial charge in [-0.3, -0.25) is 20.0 Å². The molecule has 0 aromatic rings. The van der Waals surface area contributed by atoms with Crippen LogP contribution in [0.2, 0.25) is 0 Å². The van der Waals surface area contributed by atoms with Crippen molar-refractivity contribution in [3.8, 4) is 0 Å². The van der Waals surface area contributed by atoms with Crippen molar-refractivity contribution in [2.24, 2.45) is 4.99 Å². The highest BCUT2D eigenvalue weighted by Gasteiger charge is 2.31. The predicted octanol–water partition coefficient (Wildman–Crippen LogP) is 3.34. The minimum absolute atomic E-state index is 0.143. The van der Waals surface area contributed by atoms with E-state index in [9.17, 15) is 19.2 Å². The molecule has 1 aliphatic rings. The third-order valence-electron chi connectivity index (χ3n) is 5.53. The third-order valence-corrected chi connectivity index (χ3v) is 5.53. The molecule has 1 saturated heterocycles. The van der Waals surface area contributed by atoms with Gasteiger partial charge in [-0.05, 0) is 51.7 Å². The molecule has 0 radical (unpaired) electrons. The minimum atomic E-state index is -0.424. The van der Waals surface area contributed by atoms with Gasteiger partial charge < -0.3 is 14.5 Å². The van der Waals surface area contributed by atoms with E-state index in [2.05, 4.69) is 15.2 Å². The topological polar surface area (TPSA) is 99.2 Å². The lowest BCUT2D eigenvalue weighted by atomic mass is 10.1. The van der Waals surface area contributed by atoms with Crippen molar-refractivity contribution in [3.05, 3.63) is 0 Å². The van der Waals surface area contributed by atoms with Crippen LogP contribution in [-0.4, -0.2) is 73.4 Å². The number of hydrogen-bond donors (Lipinski definition) is 1. The van der Waals surface area contributed by atoms with Gasteiger partial charge in [0, 0.05) is 26.4 Å². The number of carbonyl (C=O) groups excluding carboxylic acids is 4. The Morgan fingerprint density at radius 2 is 1.26 bits per heavy atom. The average molecular weight is 437 g/mol. The number of unbranched alkanes of at least 4 members (excludes halogenated alkanes) is 10. The maximum absolute atomic E-state index is 11.8. The zero-order valence-corrected chi connectivity index (χ0v) is 19.2. The summed E-state index contributed by atoms with van der Waals surface area (Å²) in [5, 5.41) is 2.50. The smallest absolute Gasteiger partial charge is 0.303 e. The summed E-state index contributed by atoms with van der Waals surface area (Å²) >= 11 is 0. The molecule has 0 spiro atoms. The molecular formula is C23H40N4O4. The molecule has 1 N–H and O–H groups in total. The van der Waals surface area contributed by atoms with E-state index >= 15 is 0 Å². The van der Waals surface area contributed by atoms with Crippen LogP contribution in [0, 0.1) is 0 Å². The highest BCUT2D eigenvalue weighted by molar-refractivity contribution is 6.46. The second-order valence-electron chi connectivity index (χ2n) is 8.17. The molecule has 0 saturated carbocycles. The fourth-order valence-corrected chi connectivity index (χ4v) is 3.60. The summed E-state index contributed by atoms with van der Waals surface area (Å²) in [7, 11) is 1.44. The van der Waals surface area contributed by atoms with E-state index in [0.29, 0.717) is 19.4 Å². The molecular weight excluding hydrogens is 396 g/mol. The van der Waals surface area contributed by atoms with E-state index in [4.69, 9.17) is 0 Å². The molecule has 0 unspecified atom stereocenters. The van der Waals surface area contributed by atoms with Gasteiger partial charge in [-0.2, -0.15) is 0 Å². The van der Waals surface area contributed by atoms with Crippen LogP contribution in [0.25, 0.3) is 0 Å². The molecule has 0 bridgehead atoms. The van der Waals surface area contributed by atoms with Crippen LogP contribution in [0.5, 0.6) is 0 Å². The van der Waals surface area contributed by atoms with Crippen molar-refractivity contribution in [1.82, 2.24) is 15.1 Å². The minimum Gasteiger partial charge on any atom is -0.303 e.